The lowest BCUT2D eigenvalue weighted by Crippen LogP contribution is -2.47. The highest BCUT2D eigenvalue weighted by Gasteiger charge is 2.45. The van der Waals surface area contributed by atoms with Gasteiger partial charge in [0.25, 0.3) is 0 Å². The van der Waals surface area contributed by atoms with Crippen molar-refractivity contribution in [3.05, 3.63) is 79.9 Å². The monoisotopic (exact) mass is 1050 g/mol. The molecule has 1 aromatic heterocycles. The maximum absolute atomic E-state index is 14.1. The van der Waals surface area contributed by atoms with E-state index in [9.17, 15) is 24.3 Å². The lowest BCUT2D eigenvalue weighted by Gasteiger charge is -2.36. The van der Waals surface area contributed by atoms with Gasteiger partial charge in [0, 0.05) is 24.6 Å². The van der Waals surface area contributed by atoms with Crippen molar-refractivity contribution in [2.24, 2.45) is 17.3 Å². The second-order valence-electron chi connectivity index (χ2n) is 22.7. The Hall–Kier alpha value is -3.93. The summed E-state index contributed by atoms with van der Waals surface area (Å²) in [6, 6.07) is 0. The number of epoxide rings is 1. The number of cyclic esters (lactones) is 1. The summed E-state index contributed by atoms with van der Waals surface area (Å²) in [6.07, 6.45) is 30.2. The molecular formula is C63H99NO9S. The quantitative estimate of drug-likeness (QED) is 0.0283. The molecule has 0 spiro atoms. The zero-order chi connectivity index (χ0) is 54.6. The molecule has 1 aromatic rings. The third-order valence-electron chi connectivity index (χ3n) is 14.9. The molecule has 0 radical (unpaired) electrons. The van der Waals surface area contributed by atoms with Gasteiger partial charge in [-0.2, -0.15) is 0 Å². The smallest absolute Gasteiger partial charge is 0.309 e. The van der Waals surface area contributed by atoms with Gasteiger partial charge in [0.15, 0.2) is 0 Å². The van der Waals surface area contributed by atoms with Crippen LogP contribution in [0.25, 0.3) is 6.08 Å². The fourth-order valence-corrected chi connectivity index (χ4v) is 10.4. The number of aliphatic hydroxyl groups is 1. The molecule has 0 saturated carbocycles. The minimum Gasteiger partial charge on any atom is -0.466 e. The summed E-state index contributed by atoms with van der Waals surface area (Å²) in [7, 11) is 0. The van der Waals surface area contributed by atoms with Crippen LogP contribution in [0.2, 0.25) is 0 Å². The number of allylic oxidation sites excluding steroid dienone is 10. The van der Waals surface area contributed by atoms with E-state index in [1.807, 2.05) is 32.2 Å². The maximum atomic E-state index is 14.1. The van der Waals surface area contributed by atoms with Crippen molar-refractivity contribution in [3.63, 3.8) is 0 Å². The fraction of sp³-hybridized carbons (Fsp3) is 0.698. The molecule has 0 bridgehead atoms. The molecule has 2 aliphatic rings. The van der Waals surface area contributed by atoms with E-state index in [0.29, 0.717) is 25.9 Å². The number of ketones is 1. The Morgan fingerprint density at radius 3 is 1.86 bits per heavy atom. The Morgan fingerprint density at radius 1 is 0.730 bits per heavy atom. The summed E-state index contributed by atoms with van der Waals surface area (Å²) in [6.45, 7) is 24.6. The molecule has 10 nitrogen and oxygen atoms in total. The third kappa shape index (κ3) is 26.2. The minimum atomic E-state index is -1.30. The Kier molecular flexibility index (Phi) is 30.2. The second-order valence-corrected chi connectivity index (χ2v) is 23.7. The highest BCUT2D eigenvalue weighted by atomic mass is 32.1. The van der Waals surface area contributed by atoms with E-state index in [1.54, 1.807) is 32.1 Å². The van der Waals surface area contributed by atoms with Crippen LogP contribution in [0.15, 0.2) is 69.2 Å². The van der Waals surface area contributed by atoms with Gasteiger partial charge in [-0.3, -0.25) is 19.2 Å². The van der Waals surface area contributed by atoms with Gasteiger partial charge < -0.3 is 24.1 Å². The van der Waals surface area contributed by atoms with Gasteiger partial charge >= 0.3 is 17.9 Å². The predicted molar refractivity (Wildman–Crippen MR) is 304 cm³/mol. The van der Waals surface area contributed by atoms with Crippen LogP contribution in [0.3, 0.4) is 0 Å². The Balaban J connectivity index is 1.30. The molecule has 3 heterocycles. The molecule has 0 amide bonds. The summed E-state index contributed by atoms with van der Waals surface area (Å²) in [5, 5.41) is 14.3. The van der Waals surface area contributed by atoms with E-state index < -0.39 is 35.6 Å². The number of carbonyl (C=O) groups excluding carboxylic acids is 4. The van der Waals surface area contributed by atoms with Gasteiger partial charge in [0.2, 0.25) is 0 Å². The van der Waals surface area contributed by atoms with Crippen LogP contribution in [0.4, 0.5) is 0 Å². The number of ether oxygens (including phenoxy) is 4. The summed E-state index contributed by atoms with van der Waals surface area (Å²) in [4.78, 5) is 57.7. The number of aryl methyl sites for hydroxylation is 1. The highest BCUT2D eigenvalue weighted by molar-refractivity contribution is 7.09. The van der Waals surface area contributed by atoms with Gasteiger partial charge in [0.1, 0.15) is 18.0 Å². The first-order valence-electron chi connectivity index (χ1n) is 28.4. The summed E-state index contributed by atoms with van der Waals surface area (Å²) >= 11 is 1.55. The molecule has 0 aliphatic carbocycles. The van der Waals surface area contributed by atoms with Crippen molar-refractivity contribution in [2.75, 3.05) is 6.61 Å². The molecule has 74 heavy (non-hydrogen) atoms. The normalized spacial score (nSPS) is 23.7. The molecule has 0 unspecified atom stereocenters. The van der Waals surface area contributed by atoms with E-state index in [0.717, 1.165) is 132 Å². The molecule has 3 rings (SSSR count). The Labute approximate surface area is 452 Å². The van der Waals surface area contributed by atoms with Crippen LogP contribution >= 0.6 is 11.3 Å². The van der Waals surface area contributed by atoms with Crippen molar-refractivity contribution in [1.29, 1.82) is 0 Å². The zero-order valence-electron chi connectivity index (χ0n) is 48.1. The third-order valence-corrected chi connectivity index (χ3v) is 15.7. The lowest BCUT2D eigenvalue weighted by molar-refractivity contribution is -0.161. The zero-order valence-corrected chi connectivity index (χ0v) is 48.9. The molecule has 2 fully saturated rings. The number of nitrogens with zero attached hydrogens (tertiary/aromatic N) is 1. The number of Topliss-reactive ketones (excluding diaryl/α,β-unsaturated/α-hetero) is 1. The average Bonchev–Trinajstić information content (AvgIpc) is 3.95. The molecule has 0 aromatic carbocycles. The number of rotatable bonds is 28. The molecule has 2 saturated heterocycles. The molecular weight excluding hydrogens is 947 g/mol. The molecule has 11 heteroatoms. The molecule has 7 atom stereocenters. The number of fused-ring (bicyclic) bond motifs is 1. The van der Waals surface area contributed by atoms with Crippen LogP contribution in [-0.4, -0.2) is 70.9 Å². The van der Waals surface area contributed by atoms with Crippen molar-refractivity contribution in [1.82, 2.24) is 4.98 Å². The van der Waals surface area contributed by atoms with Crippen molar-refractivity contribution < 1.29 is 43.2 Å². The number of thiazole rings is 1. The van der Waals surface area contributed by atoms with Crippen molar-refractivity contribution in [2.45, 2.75) is 261 Å². The topological polar surface area (TPSA) is 142 Å². The maximum Gasteiger partial charge on any atom is 0.309 e. The van der Waals surface area contributed by atoms with E-state index in [1.165, 1.54) is 27.9 Å². The van der Waals surface area contributed by atoms with Gasteiger partial charge in [-0.1, -0.05) is 118 Å². The highest BCUT2D eigenvalue weighted by Crippen LogP contribution is 2.37. The molecule has 1 N–H and O–H groups in total. The Morgan fingerprint density at radius 2 is 1.28 bits per heavy atom. The number of hydrogen-bond donors (Lipinski definition) is 1. The first-order valence-corrected chi connectivity index (χ1v) is 29.3. The Bertz CT molecular complexity index is 2080. The number of esters is 3. The van der Waals surface area contributed by atoms with E-state index in [-0.39, 0.29) is 48.7 Å². The SMILES string of the molecule is CC(C)=CCC/C(C)=C/CC/C(C)=C/CC/C=C(\C)CC/C=C(\C)CCCOC(=O)CCCCCCCCC(=O)O[C@H]1[C@@H](C)CCC[C@H]2O[C@H]2C[C@@H](/C(C)=C/c2csc(C)n2)OC(=O)C[C@H](O)C(C)(C)C(=O)[C@@H]1C. The average molecular weight is 1050 g/mol. The van der Waals surface area contributed by atoms with E-state index >= 15 is 0 Å². The van der Waals surface area contributed by atoms with Crippen molar-refractivity contribution in [3.8, 4) is 0 Å². The van der Waals surface area contributed by atoms with Gasteiger partial charge in [0.05, 0.1) is 53.4 Å². The molecule has 2 aliphatic heterocycles. The summed E-state index contributed by atoms with van der Waals surface area (Å²) < 4.78 is 23.7. The fourth-order valence-electron chi connectivity index (χ4n) is 9.80. The van der Waals surface area contributed by atoms with Crippen LogP contribution < -0.4 is 0 Å². The van der Waals surface area contributed by atoms with Gasteiger partial charge in [-0.15, -0.1) is 11.3 Å². The van der Waals surface area contributed by atoms with E-state index in [4.69, 9.17) is 18.9 Å². The van der Waals surface area contributed by atoms with E-state index in [2.05, 4.69) is 76.9 Å². The summed E-state index contributed by atoms with van der Waals surface area (Å²) in [5.41, 5.74) is 7.51. The lowest BCUT2D eigenvalue weighted by atomic mass is 9.73. The first-order chi connectivity index (χ1) is 35.2. The number of unbranched alkanes of at least 4 members (excludes halogenated alkanes) is 6. The van der Waals surface area contributed by atoms with Crippen molar-refractivity contribution >= 4 is 41.1 Å². The largest absolute Gasteiger partial charge is 0.466 e. The predicted octanol–water partition coefficient (Wildman–Crippen LogP) is 16.0. The standard InChI is InChI=1S/C63H99NO9S/c1-44(2)26-21-29-47(5)32-22-30-45(3)27-19-20-28-46(4)31-23-33-48(6)34-25-39-70-58(66)37-17-15-13-14-16-18-38-59(67)73-61-49(7)35-24-36-54-56(71-54)41-55(50(8)40-53-43-74-52(10)64-53)72-60(68)42-57(65)63(11,12)62(69)51(61)9/h26-28,32-33,40,43,49,51,54-57,61,65H,13-25,29-31,34-39,41-42H2,1-12H3/b45-27+,46-28+,47-32+,48-33+,50-40+/t49-,51+,54+,55-,56-,57-,61-/m0/s1. The number of carbonyl (C=O) groups is 4. The van der Waals surface area contributed by atoms with Crippen LogP contribution in [0.5, 0.6) is 0 Å². The first kappa shape index (κ1) is 64.4. The number of aliphatic hydroxyl groups excluding tert-OH is 1. The number of hydrogen-bond acceptors (Lipinski definition) is 11. The van der Waals surface area contributed by atoms with Crippen LogP contribution in [0.1, 0.15) is 235 Å². The van der Waals surface area contributed by atoms with Gasteiger partial charge in [-0.25, -0.2) is 4.98 Å². The molecule has 416 valence electrons. The summed E-state index contributed by atoms with van der Waals surface area (Å²) in [5.74, 6) is -2.12. The van der Waals surface area contributed by atoms with Gasteiger partial charge in [-0.05, 0) is 163 Å². The van der Waals surface area contributed by atoms with Crippen LogP contribution in [-0.2, 0) is 38.1 Å². The second kappa shape index (κ2) is 34.7. The number of aromatic nitrogens is 1. The minimum absolute atomic E-state index is 0.0358. The van der Waals surface area contributed by atoms with Crippen LogP contribution in [0, 0.1) is 24.2 Å².